The second-order valence-corrected chi connectivity index (χ2v) is 4.53. The number of rotatable bonds is 3. The molecule has 4 nitrogen and oxygen atoms in total. The minimum atomic E-state index is -0.114. The Hall–Kier alpha value is -2.75. The molecule has 0 bridgehead atoms. The van der Waals surface area contributed by atoms with E-state index in [-0.39, 0.29) is 5.91 Å². The van der Waals surface area contributed by atoms with E-state index in [0.717, 1.165) is 22.3 Å². The van der Waals surface area contributed by atoms with Crippen molar-refractivity contribution in [3.63, 3.8) is 0 Å². The van der Waals surface area contributed by atoms with Gasteiger partial charge in [0, 0.05) is 35.4 Å². The minimum Gasteiger partial charge on any atom is -0.388 e. The van der Waals surface area contributed by atoms with Gasteiger partial charge < -0.3 is 15.6 Å². The van der Waals surface area contributed by atoms with Gasteiger partial charge in [0.25, 0.3) is 5.91 Å². The summed E-state index contributed by atoms with van der Waals surface area (Å²) in [4.78, 5) is 15.3. The van der Waals surface area contributed by atoms with Gasteiger partial charge in [-0.15, -0.1) is 0 Å². The second-order valence-electron chi connectivity index (χ2n) is 4.53. The number of anilines is 2. The van der Waals surface area contributed by atoms with Gasteiger partial charge in [0.1, 0.15) is 0 Å². The highest BCUT2D eigenvalue weighted by atomic mass is 16.1. The summed E-state index contributed by atoms with van der Waals surface area (Å²) >= 11 is 0. The first kappa shape index (κ1) is 12.3. The summed E-state index contributed by atoms with van der Waals surface area (Å²) in [6, 6.07) is 15.2. The van der Waals surface area contributed by atoms with E-state index >= 15 is 0 Å². The van der Waals surface area contributed by atoms with Crippen molar-refractivity contribution in [2.75, 3.05) is 17.7 Å². The van der Waals surface area contributed by atoms with E-state index in [2.05, 4.69) is 15.6 Å². The number of H-pyrrole nitrogens is 1. The second kappa shape index (κ2) is 5.09. The first-order valence-electron chi connectivity index (χ1n) is 6.43. The van der Waals surface area contributed by atoms with Crippen LogP contribution in [0.3, 0.4) is 0 Å². The van der Waals surface area contributed by atoms with Crippen molar-refractivity contribution in [2.45, 2.75) is 0 Å². The number of carbonyl (C=O) groups is 1. The van der Waals surface area contributed by atoms with Crippen molar-refractivity contribution < 1.29 is 4.79 Å². The van der Waals surface area contributed by atoms with Crippen molar-refractivity contribution in [1.82, 2.24) is 4.98 Å². The van der Waals surface area contributed by atoms with E-state index in [0.29, 0.717) is 5.56 Å². The van der Waals surface area contributed by atoms with Gasteiger partial charge in [-0.2, -0.15) is 0 Å². The van der Waals surface area contributed by atoms with Crippen LogP contribution < -0.4 is 10.6 Å². The van der Waals surface area contributed by atoms with Crippen molar-refractivity contribution in [3.8, 4) is 0 Å². The largest absolute Gasteiger partial charge is 0.388 e. The first-order chi connectivity index (χ1) is 9.78. The van der Waals surface area contributed by atoms with Crippen LogP contribution in [0, 0.1) is 0 Å². The highest BCUT2D eigenvalue weighted by molar-refractivity contribution is 6.09. The number of carbonyl (C=O) groups excluding carboxylic acids is 1. The Bertz CT molecular complexity index is 744. The van der Waals surface area contributed by atoms with Crippen LogP contribution in [-0.2, 0) is 0 Å². The van der Waals surface area contributed by atoms with Crippen LogP contribution in [0.15, 0.2) is 54.7 Å². The zero-order valence-electron chi connectivity index (χ0n) is 11.1. The van der Waals surface area contributed by atoms with Crippen molar-refractivity contribution >= 4 is 28.2 Å². The molecule has 0 spiro atoms. The standard InChI is InChI=1S/C16H15N3O/c1-17-12-8-6-11(7-9-12)16(20)19-15-10-18-14-5-3-2-4-13(14)15/h2-10,17-18H,1H3,(H,19,20). The topological polar surface area (TPSA) is 56.9 Å². The fourth-order valence-electron chi connectivity index (χ4n) is 2.16. The van der Waals surface area contributed by atoms with Crippen molar-refractivity contribution in [3.05, 3.63) is 60.3 Å². The highest BCUT2D eigenvalue weighted by Gasteiger charge is 2.09. The summed E-state index contributed by atoms with van der Waals surface area (Å²) in [5.74, 6) is -0.114. The Morgan fingerprint density at radius 1 is 1.05 bits per heavy atom. The van der Waals surface area contributed by atoms with Gasteiger partial charge in [-0.1, -0.05) is 18.2 Å². The Balaban J connectivity index is 1.84. The average molecular weight is 265 g/mol. The first-order valence-corrected chi connectivity index (χ1v) is 6.43. The Morgan fingerprint density at radius 2 is 1.80 bits per heavy atom. The number of para-hydroxylation sites is 1. The van der Waals surface area contributed by atoms with Gasteiger partial charge in [0.2, 0.25) is 0 Å². The van der Waals surface area contributed by atoms with Gasteiger partial charge in [-0.05, 0) is 30.3 Å². The van der Waals surface area contributed by atoms with E-state index < -0.39 is 0 Å². The van der Waals surface area contributed by atoms with Crippen LogP contribution >= 0.6 is 0 Å². The predicted octanol–water partition coefficient (Wildman–Crippen LogP) is 3.46. The molecule has 3 aromatic rings. The molecule has 3 rings (SSSR count). The fraction of sp³-hybridized carbons (Fsp3) is 0.0625. The summed E-state index contributed by atoms with van der Waals surface area (Å²) < 4.78 is 0. The number of fused-ring (bicyclic) bond motifs is 1. The van der Waals surface area contributed by atoms with Crippen LogP contribution in [-0.4, -0.2) is 17.9 Å². The number of aromatic nitrogens is 1. The summed E-state index contributed by atoms with van der Waals surface area (Å²) in [7, 11) is 1.85. The molecule has 0 aliphatic rings. The van der Waals surface area contributed by atoms with Crippen molar-refractivity contribution in [1.29, 1.82) is 0 Å². The monoisotopic (exact) mass is 265 g/mol. The molecular weight excluding hydrogens is 250 g/mol. The molecule has 100 valence electrons. The predicted molar refractivity (Wildman–Crippen MR) is 82.2 cm³/mol. The Kier molecular flexibility index (Phi) is 3.13. The van der Waals surface area contributed by atoms with E-state index in [1.807, 2.05) is 49.6 Å². The van der Waals surface area contributed by atoms with Gasteiger partial charge in [0.15, 0.2) is 0 Å². The molecule has 0 aliphatic carbocycles. The van der Waals surface area contributed by atoms with Gasteiger partial charge in [0.05, 0.1) is 5.69 Å². The Morgan fingerprint density at radius 3 is 2.55 bits per heavy atom. The molecule has 0 saturated carbocycles. The number of benzene rings is 2. The highest BCUT2D eigenvalue weighted by Crippen LogP contribution is 2.23. The van der Waals surface area contributed by atoms with E-state index in [1.54, 1.807) is 12.1 Å². The number of aromatic amines is 1. The Labute approximate surface area is 116 Å². The maximum absolute atomic E-state index is 12.2. The maximum atomic E-state index is 12.2. The molecule has 1 aromatic heterocycles. The van der Waals surface area contributed by atoms with Crippen LogP contribution in [0.25, 0.3) is 10.9 Å². The lowest BCUT2D eigenvalue weighted by Gasteiger charge is -2.05. The third kappa shape index (κ3) is 2.23. The molecule has 0 aliphatic heterocycles. The lowest BCUT2D eigenvalue weighted by atomic mass is 10.2. The summed E-state index contributed by atoms with van der Waals surface area (Å²) in [5.41, 5.74) is 3.42. The number of hydrogen-bond donors (Lipinski definition) is 3. The average Bonchev–Trinajstić information content (AvgIpc) is 2.91. The molecule has 0 atom stereocenters. The number of amides is 1. The SMILES string of the molecule is CNc1ccc(C(=O)Nc2c[nH]c3ccccc23)cc1. The summed E-state index contributed by atoms with van der Waals surface area (Å²) in [5, 5.41) is 6.96. The minimum absolute atomic E-state index is 0.114. The molecule has 3 N–H and O–H groups in total. The molecule has 2 aromatic carbocycles. The third-order valence-corrected chi connectivity index (χ3v) is 3.27. The van der Waals surface area contributed by atoms with Gasteiger partial charge in [-0.25, -0.2) is 0 Å². The van der Waals surface area contributed by atoms with E-state index in [1.165, 1.54) is 0 Å². The van der Waals surface area contributed by atoms with Gasteiger partial charge >= 0.3 is 0 Å². The quantitative estimate of drug-likeness (QED) is 0.679. The van der Waals surface area contributed by atoms with Crippen LogP contribution in [0.4, 0.5) is 11.4 Å². The van der Waals surface area contributed by atoms with Gasteiger partial charge in [-0.3, -0.25) is 4.79 Å². The van der Waals surface area contributed by atoms with Crippen molar-refractivity contribution in [2.24, 2.45) is 0 Å². The smallest absolute Gasteiger partial charge is 0.255 e. The fourth-order valence-corrected chi connectivity index (χ4v) is 2.16. The molecule has 0 saturated heterocycles. The lowest BCUT2D eigenvalue weighted by Crippen LogP contribution is -2.11. The maximum Gasteiger partial charge on any atom is 0.255 e. The molecule has 0 radical (unpaired) electrons. The summed E-state index contributed by atoms with van der Waals surface area (Å²) in [6.45, 7) is 0. The van der Waals surface area contributed by atoms with E-state index in [9.17, 15) is 4.79 Å². The third-order valence-electron chi connectivity index (χ3n) is 3.27. The molecule has 1 heterocycles. The van der Waals surface area contributed by atoms with Crippen LogP contribution in [0.2, 0.25) is 0 Å². The molecule has 4 heteroatoms. The number of hydrogen-bond acceptors (Lipinski definition) is 2. The molecule has 0 fully saturated rings. The molecule has 20 heavy (non-hydrogen) atoms. The summed E-state index contributed by atoms with van der Waals surface area (Å²) in [6.07, 6.45) is 1.81. The molecular formula is C16H15N3O. The molecule has 1 amide bonds. The van der Waals surface area contributed by atoms with Crippen LogP contribution in [0.5, 0.6) is 0 Å². The normalized spacial score (nSPS) is 10.4. The zero-order chi connectivity index (χ0) is 13.9. The lowest BCUT2D eigenvalue weighted by molar-refractivity contribution is 0.102. The number of nitrogens with one attached hydrogen (secondary N) is 3. The molecule has 0 unspecified atom stereocenters. The van der Waals surface area contributed by atoms with Crippen LogP contribution in [0.1, 0.15) is 10.4 Å². The van der Waals surface area contributed by atoms with E-state index in [4.69, 9.17) is 0 Å². The zero-order valence-corrected chi connectivity index (χ0v) is 11.1.